The van der Waals surface area contributed by atoms with Gasteiger partial charge in [0.2, 0.25) is 5.91 Å². The number of carbonyl (C=O) groups excluding carboxylic acids is 3. The second kappa shape index (κ2) is 11.6. The predicted octanol–water partition coefficient (Wildman–Crippen LogP) is 7.11. The molecule has 0 aromatic carbocycles. The lowest BCUT2D eigenvalue weighted by atomic mass is 9.35. The van der Waals surface area contributed by atoms with Crippen molar-refractivity contribution in [3.8, 4) is 0 Å². The molecule has 0 radical (unpaired) electrons. The molecule has 0 aromatic rings. The minimum atomic E-state index is -1.13. The van der Waals surface area contributed by atoms with Gasteiger partial charge in [-0.15, -0.1) is 0 Å². The summed E-state index contributed by atoms with van der Waals surface area (Å²) in [6.07, 6.45) is 13.5. The van der Waals surface area contributed by atoms with Crippen molar-refractivity contribution < 1.29 is 29.0 Å². The first-order valence-corrected chi connectivity index (χ1v) is 16.5. The maximum atomic E-state index is 12.7. The lowest BCUT2D eigenvalue weighted by Gasteiger charge is -2.69. The first kappa shape index (κ1) is 33.6. The van der Waals surface area contributed by atoms with Gasteiger partial charge in [-0.05, 0) is 92.6 Å². The van der Waals surface area contributed by atoms with Gasteiger partial charge in [-0.1, -0.05) is 70.2 Å². The highest BCUT2D eigenvalue weighted by Gasteiger charge is 2.66. The van der Waals surface area contributed by atoms with Gasteiger partial charge in [-0.3, -0.25) is 14.4 Å². The van der Waals surface area contributed by atoms with Crippen LogP contribution in [-0.2, 0) is 23.9 Å². The molecule has 3 saturated carbocycles. The summed E-state index contributed by atoms with van der Waals surface area (Å²) in [7, 11) is 0. The summed E-state index contributed by atoms with van der Waals surface area (Å²) in [5.41, 5.74) is 6.84. The minimum absolute atomic E-state index is 0.00756. The molecule has 238 valence electrons. The first-order chi connectivity index (χ1) is 19.8. The van der Waals surface area contributed by atoms with E-state index >= 15 is 0 Å². The van der Waals surface area contributed by atoms with E-state index in [2.05, 4.69) is 39.8 Å². The number of primary amides is 1. The minimum Gasteiger partial charge on any atom is -0.461 e. The van der Waals surface area contributed by atoms with Crippen molar-refractivity contribution in [1.82, 2.24) is 0 Å². The fourth-order valence-electron chi connectivity index (χ4n) is 8.86. The van der Waals surface area contributed by atoms with Gasteiger partial charge in [0.15, 0.2) is 22.9 Å². The number of nitrogens with two attached hydrogens (primary N) is 1. The van der Waals surface area contributed by atoms with Crippen LogP contribution >= 0.6 is 11.8 Å². The van der Waals surface area contributed by atoms with Crippen LogP contribution in [0.3, 0.4) is 0 Å². The Hall–Kier alpha value is -2.32. The first-order valence-electron chi connectivity index (χ1n) is 15.6. The predicted molar refractivity (Wildman–Crippen MR) is 170 cm³/mol. The molecule has 43 heavy (non-hydrogen) atoms. The van der Waals surface area contributed by atoms with Crippen LogP contribution in [0, 0.1) is 33.0 Å². The summed E-state index contributed by atoms with van der Waals surface area (Å²) in [6, 6.07) is 0. The smallest absolute Gasteiger partial charge is 0.308 e. The molecule has 3 N–H and O–H groups in total. The zero-order valence-corrected chi connectivity index (χ0v) is 28.3. The molecule has 4 rings (SSSR count). The van der Waals surface area contributed by atoms with Gasteiger partial charge < -0.3 is 20.3 Å². The van der Waals surface area contributed by atoms with Crippen molar-refractivity contribution in [2.45, 2.75) is 119 Å². The van der Waals surface area contributed by atoms with E-state index < -0.39 is 23.1 Å². The third kappa shape index (κ3) is 6.03. The Morgan fingerprint density at radius 3 is 2.23 bits per heavy atom. The third-order valence-corrected chi connectivity index (χ3v) is 12.6. The molecule has 0 aliphatic heterocycles. The number of aliphatic hydroxyl groups excluding tert-OH is 1. The van der Waals surface area contributed by atoms with Crippen LogP contribution in [0.25, 0.3) is 0 Å². The fourth-order valence-corrected chi connectivity index (χ4v) is 9.72. The number of ether oxygens (including phenoxy) is 2. The largest absolute Gasteiger partial charge is 0.461 e. The van der Waals surface area contributed by atoms with Gasteiger partial charge in [-0.2, -0.15) is 0 Å². The molecule has 4 aliphatic carbocycles. The summed E-state index contributed by atoms with van der Waals surface area (Å²) in [5.74, 6) is 0.120. The SMILES string of the molecule is CC(=O)OC1=C(OC(C)O)\C(C)=C\C(SC(C)=O)/C=C2\[C@](C)(\C=C\1)CC[C@@]1(C)[C@@H]3C[C@](C)(C(N)=O)CC[C@]3(C)CC[C@]21C. The Morgan fingerprint density at radius 1 is 1.00 bits per heavy atom. The number of carbonyl (C=O) groups is 3. The van der Waals surface area contributed by atoms with Crippen LogP contribution < -0.4 is 5.73 Å². The van der Waals surface area contributed by atoms with Crippen molar-refractivity contribution in [3.63, 3.8) is 0 Å². The van der Waals surface area contributed by atoms with Crippen molar-refractivity contribution >= 4 is 28.8 Å². The lowest BCUT2D eigenvalue weighted by molar-refractivity contribution is -0.167. The van der Waals surface area contributed by atoms with E-state index in [1.165, 1.54) is 31.2 Å². The van der Waals surface area contributed by atoms with Gasteiger partial charge in [0, 0.05) is 29.9 Å². The van der Waals surface area contributed by atoms with E-state index in [1.54, 1.807) is 6.92 Å². The summed E-state index contributed by atoms with van der Waals surface area (Å²) in [5, 5.41) is 9.83. The molecular formula is C35H51NO6S. The van der Waals surface area contributed by atoms with E-state index in [9.17, 15) is 19.5 Å². The van der Waals surface area contributed by atoms with Crippen molar-refractivity contribution in [2.75, 3.05) is 0 Å². The fraction of sp³-hybridized carbons (Fsp3) is 0.686. The molecule has 0 bridgehead atoms. The van der Waals surface area contributed by atoms with Gasteiger partial charge in [0.1, 0.15) is 0 Å². The van der Waals surface area contributed by atoms with Crippen molar-refractivity contribution in [2.24, 2.45) is 38.7 Å². The molecule has 0 spiro atoms. The highest BCUT2D eigenvalue weighted by Crippen LogP contribution is 2.74. The van der Waals surface area contributed by atoms with Crippen LogP contribution in [0.1, 0.15) is 107 Å². The molecule has 4 aliphatic rings. The molecule has 8 atom stereocenters. The average Bonchev–Trinajstić information content (AvgIpc) is 2.89. The van der Waals surface area contributed by atoms with E-state index in [-0.39, 0.29) is 44.0 Å². The van der Waals surface area contributed by atoms with Crippen LogP contribution in [0.2, 0.25) is 0 Å². The summed E-state index contributed by atoms with van der Waals surface area (Å²) < 4.78 is 11.5. The van der Waals surface area contributed by atoms with E-state index in [0.717, 1.165) is 44.9 Å². The van der Waals surface area contributed by atoms with Crippen LogP contribution in [0.4, 0.5) is 0 Å². The Kier molecular flexibility index (Phi) is 9.02. The highest BCUT2D eigenvalue weighted by molar-refractivity contribution is 8.14. The maximum Gasteiger partial charge on any atom is 0.308 e. The molecule has 8 heteroatoms. The van der Waals surface area contributed by atoms with Crippen LogP contribution in [0.15, 0.2) is 47.0 Å². The number of esters is 1. The number of rotatable bonds is 5. The molecule has 0 heterocycles. The number of fused-ring (bicyclic) bond motifs is 5. The number of thioether (sulfide) groups is 1. The standard InChI is InChI=1S/C35H51NO6S/c1-21-18-25(43-24(4)39)19-27-31(5,11-10-26(41-22(2)37)29(21)42-23(3)38)14-17-35(9)28-20-33(7,30(36)40)13-12-32(28,6)15-16-34(27,35)8/h10-11,18-19,23,25,28,38H,12-17,20H2,1-9H3,(H2,36,40)/b11-10+,21-18+,27-19+,29-26+/t23?,25?,28-,31-,32-,33-,34-,35+/m1/s1. The molecule has 0 saturated heterocycles. The second-order valence-electron chi connectivity index (χ2n) is 14.8. The molecule has 3 fully saturated rings. The van der Waals surface area contributed by atoms with Crippen molar-refractivity contribution in [1.29, 1.82) is 0 Å². The lowest BCUT2D eigenvalue weighted by Crippen LogP contribution is -2.62. The second-order valence-corrected chi connectivity index (χ2v) is 16.2. The Morgan fingerprint density at radius 2 is 1.65 bits per heavy atom. The molecule has 0 aromatic heterocycles. The monoisotopic (exact) mass is 613 g/mol. The maximum absolute atomic E-state index is 12.7. The number of hydrogen-bond acceptors (Lipinski definition) is 7. The summed E-state index contributed by atoms with van der Waals surface area (Å²) in [4.78, 5) is 37.5. The third-order valence-electron chi connectivity index (χ3n) is 11.7. The molecule has 1 amide bonds. The Bertz CT molecular complexity index is 1310. The Balaban J connectivity index is 1.93. The topological polar surface area (TPSA) is 116 Å². The van der Waals surface area contributed by atoms with E-state index in [1.807, 2.05) is 26.0 Å². The average molecular weight is 614 g/mol. The number of hydrogen-bond donors (Lipinski definition) is 2. The quantitative estimate of drug-likeness (QED) is 0.193. The van der Waals surface area contributed by atoms with Gasteiger partial charge in [-0.25, -0.2) is 0 Å². The van der Waals surface area contributed by atoms with Gasteiger partial charge >= 0.3 is 5.97 Å². The van der Waals surface area contributed by atoms with Crippen LogP contribution in [0.5, 0.6) is 0 Å². The highest BCUT2D eigenvalue weighted by atomic mass is 32.2. The summed E-state index contributed by atoms with van der Waals surface area (Å²) >= 11 is 1.25. The van der Waals surface area contributed by atoms with Gasteiger partial charge in [0.25, 0.3) is 0 Å². The number of aliphatic hydroxyl groups is 1. The number of amides is 1. The zero-order chi connectivity index (χ0) is 32.2. The zero-order valence-electron chi connectivity index (χ0n) is 27.5. The van der Waals surface area contributed by atoms with Gasteiger partial charge in [0.05, 0.1) is 0 Å². The van der Waals surface area contributed by atoms with E-state index in [4.69, 9.17) is 15.2 Å². The normalized spacial score (nSPS) is 45.0. The molecule has 2 unspecified atom stereocenters. The van der Waals surface area contributed by atoms with E-state index in [0.29, 0.717) is 11.5 Å². The Labute approximate surface area is 261 Å². The van der Waals surface area contributed by atoms with Crippen molar-refractivity contribution in [3.05, 3.63) is 47.0 Å². The summed E-state index contributed by atoms with van der Waals surface area (Å²) in [6.45, 7) is 17.8. The number of allylic oxidation sites excluding steroid dienone is 4. The molecule has 7 nitrogen and oxygen atoms in total. The molecular weight excluding hydrogens is 562 g/mol. The van der Waals surface area contributed by atoms with Crippen LogP contribution in [-0.4, -0.2) is 33.6 Å².